The number of fused-ring (bicyclic) bond motifs is 5. The van der Waals surface area contributed by atoms with Crippen molar-refractivity contribution in [1.82, 2.24) is 0 Å². The zero-order valence-electron chi connectivity index (χ0n) is 15.1. The number of hydrogen-bond acceptors (Lipinski definition) is 6. The predicted molar refractivity (Wildman–Crippen MR) is 87.7 cm³/mol. The van der Waals surface area contributed by atoms with Gasteiger partial charge in [-0.05, 0) is 50.7 Å². The summed E-state index contributed by atoms with van der Waals surface area (Å²) < 4.78 is 17.7. The van der Waals surface area contributed by atoms with Crippen LogP contribution >= 0.6 is 0 Å². The Kier molecular flexibility index (Phi) is 2.59. The number of rotatable bonds is 0. The zero-order chi connectivity index (χ0) is 18.1. The lowest BCUT2D eigenvalue weighted by Gasteiger charge is -2.66. The molecule has 0 aromatic carbocycles. The van der Waals surface area contributed by atoms with Gasteiger partial charge < -0.3 is 19.3 Å². The van der Waals surface area contributed by atoms with Crippen LogP contribution in [-0.4, -0.2) is 48.1 Å². The predicted octanol–water partition coefficient (Wildman–Crippen LogP) is 1.36. The molecule has 6 heteroatoms. The Hall–Kier alpha value is -1.24. The van der Waals surface area contributed by atoms with E-state index in [1.807, 2.05) is 13.8 Å². The van der Waals surface area contributed by atoms with Crippen molar-refractivity contribution in [3.05, 3.63) is 11.6 Å². The first-order valence-electron chi connectivity index (χ1n) is 9.70. The minimum Gasteiger partial charge on any atom is -0.457 e. The van der Waals surface area contributed by atoms with Gasteiger partial charge in [0.25, 0.3) is 0 Å². The standard InChI is InChI=1S/C20H24O6/c1-17-4-3-11-10(15(17)24-8-13(17)21)7-12-14-18(2,16(22)26-12)20(23)6-5-19(11,14)9-25-20/h7,11-12,14-15,23H,3-6,8-9H2,1-2H3. The maximum absolute atomic E-state index is 12.8. The van der Waals surface area contributed by atoms with Gasteiger partial charge in [0.15, 0.2) is 11.6 Å². The van der Waals surface area contributed by atoms with Crippen LogP contribution in [0.3, 0.4) is 0 Å². The van der Waals surface area contributed by atoms with Gasteiger partial charge >= 0.3 is 5.97 Å². The lowest BCUT2D eigenvalue weighted by Crippen LogP contribution is -2.72. The number of aliphatic hydroxyl groups is 1. The quantitative estimate of drug-likeness (QED) is 0.519. The lowest BCUT2D eigenvalue weighted by molar-refractivity contribution is -0.367. The average molecular weight is 360 g/mol. The van der Waals surface area contributed by atoms with Crippen molar-refractivity contribution in [3.8, 4) is 0 Å². The first-order valence-corrected chi connectivity index (χ1v) is 9.70. The van der Waals surface area contributed by atoms with E-state index >= 15 is 0 Å². The van der Waals surface area contributed by atoms with E-state index in [0.29, 0.717) is 13.0 Å². The van der Waals surface area contributed by atoms with Gasteiger partial charge in [-0.15, -0.1) is 0 Å². The molecule has 4 heterocycles. The second-order valence-corrected chi connectivity index (χ2v) is 9.65. The van der Waals surface area contributed by atoms with Crippen LogP contribution in [0.5, 0.6) is 0 Å². The molecule has 26 heavy (non-hydrogen) atoms. The van der Waals surface area contributed by atoms with Crippen LogP contribution in [0.1, 0.15) is 39.5 Å². The largest absolute Gasteiger partial charge is 0.457 e. The number of ether oxygens (including phenoxy) is 3. The smallest absolute Gasteiger partial charge is 0.318 e. The summed E-state index contributed by atoms with van der Waals surface area (Å²) in [7, 11) is 0. The van der Waals surface area contributed by atoms with Gasteiger partial charge in [0.2, 0.25) is 0 Å². The number of ketones is 1. The van der Waals surface area contributed by atoms with Crippen LogP contribution in [0, 0.1) is 28.1 Å². The molecule has 7 aliphatic rings. The van der Waals surface area contributed by atoms with Crippen molar-refractivity contribution in [1.29, 1.82) is 0 Å². The van der Waals surface area contributed by atoms with Crippen LogP contribution in [0.4, 0.5) is 0 Å². The van der Waals surface area contributed by atoms with Crippen LogP contribution in [0.2, 0.25) is 0 Å². The number of hydrogen-bond donors (Lipinski definition) is 1. The Labute approximate surface area is 151 Å². The molecule has 1 spiro atoms. The van der Waals surface area contributed by atoms with Gasteiger partial charge in [-0.1, -0.05) is 0 Å². The molecule has 0 aromatic rings. The van der Waals surface area contributed by atoms with Crippen LogP contribution in [0.15, 0.2) is 11.6 Å². The van der Waals surface area contributed by atoms with Crippen LogP contribution in [0.25, 0.3) is 0 Å². The van der Waals surface area contributed by atoms with Crippen molar-refractivity contribution in [2.24, 2.45) is 28.1 Å². The number of Topliss-reactive ketones (excluding diaryl/α,β-unsaturated/α-hetero) is 1. The van der Waals surface area contributed by atoms with Crippen molar-refractivity contribution in [2.45, 2.75) is 57.5 Å². The normalized spacial score (nSPS) is 59.4. The Balaban J connectivity index is 1.55. The molecule has 4 aliphatic heterocycles. The maximum Gasteiger partial charge on any atom is 0.318 e. The highest BCUT2D eigenvalue weighted by molar-refractivity contribution is 5.89. The van der Waals surface area contributed by atoms with Gasteiger partial charge in [0, 0.05) is 17.8 Å². The topological polar surface area (TPSA) is 82.1 Å². The molecular formula is C20H24O6. The summed E-state index contributed by atoms with van der Waals surface area (Å²) in [6.45, 7) is 4.43. The molecule has 140 valence electrons. The van der Waals surface area contributed by atoms with E-state index in [1.54, 1.807) is 0 Å². The van der Waals surface area contributed by atoms with Crippen molar-refractivity contribution in [3.63, 3.8) is 0 Å². The van der Waals surface area contributed by atoms with Gasteiger partial charge in [0.1, 0.15) is 18.1 Å². The molecule has 7 rings (SSSR count). The highest BCUT2D eigenvalue weighted by Gasteiger charge is 2.79. The minimum atomic E-state index is -1.43. The summed E-state index contributed by atoms with van der Waals surface area (Å²) in [4.78, 5) is 25.3. The molecule has 8 unspecified atom stereocenters. The Morgan fingerprint density at radius 1 is 1.19 bits per heavy atom. The molecule has 6 nitrogen and oxygen atoms in total. The minimum absolute atomic E-state index is 0.0785. The molecule has 8 atom stereocenters. The molecule has 0 radical (unpaired) electrons. The van der Waals surface area contributed by atoms with Crippen molar-refractivity contribution >= 4 is 11.8 Å². The summed E-state index contributed by atoms with van der Waals surface area (Å²) in [6.07, 6.45) is 4.42. The molecule has 0 amide bonds. The first-order chi connectivity index (χ1) is 12.3. The van der Waals surface area contributed by atoms with E-state index in [-0.39, 0.29) is 47.8 Å². The third-order valence-corrected chi connectivity index (χ3v) is 8.86. The summed E-state index contributed by atoms with van der Waals surface area (Å²) in [5.74, 6) is -1.48. The van der Waals surface area contributed by atoms with Crippen LogP contribution < -0.4 is 0 Å². The van der Waals surface area contributed by atoms with E-state index in [1.165, 1.54) is 0 Å². The molecule has 2 bridgehead atoms. The average Bonchev–Trinajstić information content (AvgIpc) is 3.06. The fraction of sp³-hybridized carbons (Fsp3) is 0.800. The Morgan fingerprint density at radius 2 is 2.00 bits per heavy atom. The molecule has 6 fully saturated rings. The van der Waals surface area contributed by atoms with E-state index in [2.05, 4.69) is 6.08 Å². The summed E-state index contributed by atoms with van der Waals surface area (Å²) in [6, 6.07) is 0. The fourth-order valence-corrected chi connectivity index (χ4v) is 7.35. The maximum atomic E-state index is 12.8. The summed E-state index contributed by atoms with van der Waals surface area (Å²) in [5, 5.41) is 11.1. The summed E-state index contributed by atoms with van der Waals surface area (Å²) >= 11 is 0. The third kappa shape index (κ3) is 1.37. The van der Waals surface area contributed by atoms with Gasteiger partial charge in [-0.25, -0.2) is 0 Å². The highest BCUT2D eigenvalue weighted by Crippen LogP contribution is 2.72. The monoisotopic (exact) mass is 360 g/mol. The number of carbonyl (C=O) groups excluding carboxylic acids is 2. The van der Waals surface area contributed by atoms with E-state index in [9.17, 15) is 14.7 Å². The molecule has 0 aromatic heterocycles. The van der Waals surface area contributed by atoms with E-state index in [0.717, 1.165) is 24.8 Å². The van der Waals surface area contributed by atoms with Gasteiger partial charge in [-0.3, -0.25) is 9.59 Å². The van der Waals surface area contributed by atoms with Gasteiger partial charge in [-0.2, -0.15) is 0 Å². The van der Waals surface area contributed by atoms with E-state index < -0.39 is 16.6 Å². The first kappa shape index (κ1) is 15.8. The molecule has 3 aliphatic carbocycles. The van der Waals surface area contributed by atoms with E-state index in [4.69, 9.17) is 14.2 Å². The second-order valence-electron chi connectivity index (χ2n) is 9.65. The molecule has 4 saturated heterocycles. The van der Waals surface area contributed by atoms with Gasteiger partial charge in [0.05, 0.1) is 18.1 Å². The zero-order valence-corrected chi connectivity index (χ0v) is 15.1. The Morgan fingerprint density at radius 3 is 2.73 bits per heavy atom. The fourth-order valence-electron chi connectivity index (χ4n) is 7.35. The second kappa shape index (κ2) is 4.26. The van der Waals surface area contributed by atoms with Crippen LogP contribution in [-0.2, 0) is 23.8 Å². The lowest BCUT2D eigenvalue weighted by atomic mass is 9.42. The highest BCUT2D eigenvalue weighted by atomic mass is 16.6. The third-order valence-electron chi connectivity index (χ3n) is 8.86. The summed E-state index contributed by atoms with van der Waals surface area (Å²) in [5.41, 5.74) is -0.596. The Bertz CT molecular complexity index is 777. The van der Waals surface area contributed by atoms with Crippen molar-refractivity contribution in [2.75, 3.05) is 13.2 Å². The van der Waals surface area contributed by atoms with Crippen molar-refractivity contribution < 1.29 is 28.9 Å². The molecule has 1 N–H and O–H groups in total. The number of carbonyl (C=O) groups is 2. The SMILES string of the molecule is CC12CCC3C(=CC4OC(=O)C5(C)C4C34CCC5(O)OC4)C1OCC2=O. The molecular weight excluding hydrogens is 336 g/mol. The number of esters is 1. The molecule has 2 saturated carbocycles.